The van der Waals surface area contributed by atoms with Crippen molar-refractivity contribution >= 4 is 5.78 Å². The molecule has 0 aliphatic rings. The van der Waals surface area contributed by atoms with Gasteiger partial charge in [0.25, 0.3) is 0 Å². The molecule has 0 aliphatic heterocycles. The first-order valence-corrected chi connectivity index (χ1v) is 15.9. The van der Waals surface area contributed by atoms with E-state index >= 15 is 0 Å². The maximum Gasteiger partial charge on any atom is 0.132 e. The molecule has 0 fully saturated rings. The van der Waals surface area contributed by atoms with Gasteiger partial charge >= 0.3 is 0 Å². The molecule has 0 amide bonds. The summed E-state index contributed by atoms with van der Waals surface area (Å²) in [5.74, 6) is 0.495. The molecule has 36 heavy (non-hydrogen) atoms. The summed E-state index contributed by atoms with van der Waals surface area (Å²) < 4.78 is 0. The van der Waals surface area contributed by atoms with E-state index in [0.29, 0.717) is 5.78 Å². The number of carbonyl (C=O) groups excluding carboxylic acids is 1. The van der Waals surface area contributed by atoms with Crippen LogP contribution in [0.5, 0.6) is 0 Å². The van der Waals surface area contributed by atoms with E-state index in [2.05, 4.69) is 62.5 Å². The van der Waals surface area contributed by atoms with Crippen LogP contribution >= 0.6 is 0 Å². The van der Waals surface area contributed by atoms with Gasteiger partial charge < -0.3 is 0 Å². The third-order valence-electron chi connectivity index (χ3n) is 6.81. The van der Waals surface area contributed by atoms with Gasteiger partial charge in [0.1, 0.15) is 5.78 Å². The lowest BCUT2D eigenvalue weighted by Gasteiger charge is -2.03. The third kappa shape index (κ3) is 30.7. The quantitative estimate of drug-likeness (QED) is 0.0774. The maximum atomic E-state index is 12.1. The van der Waals surface area contributed by atoms with Crippen molar-refractivity contribution in [3.8, 4) is 0 Å². The van der Waals surface area contributed by atoms with Gasteiger partial charge in [-0.05, 0) is 70.6 Å². The second kappa shape index (κ2) is 31.7. The Kier molecular flexibility index (Phi) is 30.5. The van der Waals surface area contributed by atoms with Gasteiger partial charge in [0.05, 0.1) is 0 Å². The molecule has 0 saturated heterocycles. The van der Waals surface area contributed by atoms with Crippen LogP contribution in [0, 0.1) is 0 Å². The molecular weight excluding hydrogens is 436 g/mol. The Bertz CT molecular complexity index is 551. The minimum atomic E-state index is 0.495. The zero-order chi connectivity index (χ0) is 26.2. The van der Waals surface area contributed by atoms with E-state index in [1.807, 2.05) is 0 Å². The van der Waals surface area contributed by atoms with Gasteiger partial charge in [0.2, 0.25) is 0 Å². The molecule has 0 bridgehead atoms. The largest absolute Gasteiger partial charge is 0.300 e. The Morgan fingerprint density at radius 2 is 0.722 bits per heavy atom. The van der Waals surface area contributed by atoms with Gasteiger partial charge in [-0.3, -0.25) is 4.79 Å². The van der Waals surface area contributed by atoms with E-state index in [1.165, 1.54) is 116 Å². The van der Waals surface area contributed by atoms with Crippen LogP contribution in [0.2, 0.25) is 0 Å². The van der Waals surface area contributed by atoms with Crippen molar-refractivity contribution < 1.29 is 4.79 Å². The normalized spacial score (nSPS) is 12.3. The van der Waals surface area contributed by atoms with Crippen LogP contribution in [0.4, 0.5) is 0 Å². The van der Waals surface area contributed by atoms with E-state index < -0.39 is 0 Å². The van der Waals surface area contributed by atoms with Crippen molar-refractivity contribution in [3.05, 3.63) is 48.6 Å². The predicted octanol–water partition coefficient (Wildman–Crippen LogP) is 12.2. The molecule has 0 saturated carbocycles. The highest BCUT2D eigenvalue weighted by atomic mass is 16.1. The van der Waals surface area contributed by atoms with E-state index in [-0.39, 0.29) is 0 Å². The molecule has 0 N–H and O–H groups in total. The topological polar surface area (TPSA) is 17.1 Å². The number of hydrogen-bond acceptors (Lipinski definition) is 1. The number of Topliss-reactive ketones (excluding diaryl/α,β-unsaturated/α-hetero) is 1. The van der Waals surface area contributed by atoms with Crippen molar-refractivity contribution in [2.24, 2.45) is 0 Å². The minimum absolute atomic E-state index is 0.495. The molecule has 0 aromatic carbocycles. The maximum absolute atomic E-state index is 12.1. The summed E-state index contributed by atoms with van der Waals surface area (Å²) in [7, 11) is 0. The Morgan fingerprint density at radius 3 is 1.14 bits per heavy atom. The van der Waals surface area contributed by atoms with Crippen molar-refractivity contribution in [2.45, 2.75) is 168 Å². The van der Waals surface area contributed by atoms with Crippen molar-refractivity contribution in [1.82, 2.24) is 0 Å². The summed E-state index contributed by atoms with van der Waals surface area (Å²) in [6.07, 6.45) is 47.6. The summed E-state index contributed by atoms with van der Waals surface area (Å²) in [5.41, 5.74) is 0. The first kappa shape index (κ1) is 34.6. The Balaban J connectivity index is 3.30. The molecule has 0 radical (unpaired) electrons. The van der Waals surface area contributed by atoms with Crippen molar-refractivity contribution in [3.63, 3.8) is 0 Å². The van der Waals surface area contributed by atoms with E-state index in [1.54, 1.807) is 0 Å². The first-order chi connectivity index (χ1) is 17.8. The summed E-state index contributed by atoms with van der Waals surface area (Å²) >= 11 is 0. The smallest absolute Gasteiger partial charge is 0.132 e. The summed E-state index contributed by atoms with van der Waals surface area (Å²) in [5, 5.41) is 0. The molecule has 208 valence electrons. The zero-order valence-electron chi connectivity index (χ0n) is 24.5. The van der Waals surface area contributed by atoms with Gasteiger partial charge in [-0.25, -0.2) is 0 Å². The van der Waals surface area contributed by atoms with Crippen LogP contribution in [-0.4, -0.2) is 5.78 Å². The monoisotopic (exact) mass is 498 g/mol. The Labute approximate surface area is 227 Å². The molecule has 0 aromatic rings. The van der Waals surface area contributed by atoms with Crippen LogP contribution in [0.1, 0.15) is 168 Å². The second-order valence-electron chi connectivity index (χ2n) is 10.5. The molecule has 0 aromatic heterocycles. The highest BCUT2D eigenvalue weighted by molar-refractivity contribution is 5.78. The van der Waals surface area contributed by atoms with E-state index in [4.69, 9.17) is 0 Å². The molecule has 0 spiro atoms. The van der Waals surface area contributed by atoms with Gasteiger partial charge in [-0.2, -0.15) is 0 Å². The van der Waals surface area contributed by atoms with Crippen LogP contribution < -0.4 is 0 Å². The molecule has 1 nitrogen and oxygen atoms in total. The average molecular weight is 499 g/mol. The summed E-state index contributed by atoms with van der Waals surface area (Å²) in [4.78, 5) is 12.1. The fraction of sp³-hybridized carbons (Fsp3) is 0.743. The molecule has 0 heterocycles. The van der Waals surface area contributed by atoms with Crippen LogP contribution in [0.3, 0.4) is 0 Å². The molecule has 0 aliphatic carbocycles. The molecule has 0 atom stereocenters. The van der Waals surface area contributed by atoms with Crippen LogP contribution in [0.15, 0.2) is 48.6 Å². The van der Waals surface area contributed by atoms with Crippen molar-refractivity contribution in [1.29, 1.82) is 0 Å². The second-order valence-corrected chi connectivity index (χ2v) is 10.5. The first-order valence-electron chi connectivity index (χ1n) is 15.9. The highest BCUT2D eigenvalue weighted by Gasteiger charge is 2.02. The fourth-order valence-corrected chi connectivity index (χ4v) is 4.38. The van der Waals surface area contributed by atoms with Crippen LogP contribution in [-0.2, 0) is 4.79 Å². The highest BCUT2D eigenvalue weighted by Crippen LogP contribution is 2.12. The SMILES string of the molecule is CCCCC=CCC=CCCCCCCCCC(=O)CCCCCCCC=CCC=CCCCCC. The Hall–Kier alpha value is -1.37. The van der Waals surface area contributed by atoms with Gasteiger partial charge in [0.15, 0.2) is 0 Å². The minimum Gasteiger partial charge on any atom is -0.300 e. The van der Waals surface area contributed by atoms with E-state index in [9.17, 15) is 4.79 Å². The summed E-state index contributed by atoms with van der Waals surface area (Å²) in [6.45, 7) is 4.50. The number of rotatable bonds is 28. The van der Waals surface area contributed by atoms with Crippen LogP contribution in [0.25, 0.3) is 0 Å². The number of allylic oxidation sites excluding steroid dienone is 8. The number of ketones is 1. The van der Waals surface area contributed by atoms with E-state index in [0.717, 1.165) is 38.5 Å². The molecule has 1 heteroatoms. The molecule has 0 unspecified atom stereocenters. The van der Waals surface area contributed by atoms with Crippen molar-refractivity contribution in [2.75, 3.05) is 0 Å². The average Bonchev–Trinajstić information content (AvgIpc) is 2.88. The number of carbonyl (C=O) groups is 1. The predicted molar refractivity (Wildman–Crippen MR) is 164 cm³/mol. The fourth-order valence-electron chi connectivity index (χ4n) is 4.38. The standard InChI is InChI=1S/C35H62O/c1-3-5-7-9-11-13-15-17-19-21-23-25-27-29-31-33-35(36)34-32-30-28-26-24-22-20-18-16-14-12-10-8-6-4-2/h9,11-12,14-15,17-18,20H,3-8,10,13,16,19,21-34H2,1-2H3. The van der Waals surface area contributed by atoms with Gasteiger partial charge in [-0.1, -0.05) is 133 Å². The molecule has 0 rings (SSSR count). The lowest BCUT2D eigenvalue weighted by molar-refractivity contribution is -0.119. The van der Waals surface area contributed by atoms with Gasteiger partial charge in [0, 0.05) is 12.8 Å². The van der Waals surface area contributed by atoms with Gasteiger partial charge in [-0.15, -0.1) is 0 Å². The number of unbranched alkanes of at least 4 members (excludes halogenated alkanes) is 16. The zero-order valence-corrected chi connectivity index (χ0v) is 24.5. The Morgan fingerprint density at radius 1 is 0.389 bits per heavy atom. The number of hydrogen-bond donors (Lipinski definition) is 0. The lowest BCUT2D eigenvalue weighted by atomic mass is 10.0. The molecular formula is C35H62O. The third-order valence-corrected chi connectivity index (χ3v) is 6.81. The summed E-state index contributed by atoms with van der Waals surface area (Å²) in [6, 6.07) is 0. The lowest BCUT2D eigenvalue weighted by Crippen LogP contribution is -1.97.